The van der Waals surface area contributed by atoms with Crippen molar-refractivity contribution in [2.75, 3.05) is 5.88 Å². The Labute approximate surface area is 62.9 Å². The second-order valence-electron chi connectivity index (χ2n) is 3.43. The molecule has 0 heterocycles. The van der Waals surface area contributed by atoms with Crippen molar-refractivity contribution in [1.29, 1.82) is 0 Å². The van der Waals surface area contributed by atoms with Gasteiger partial charge in [0.05, 0.1) is 0 Å². The maximum absolute atomic E-state index is 5.70. The van der Waals surface area contributed by atoms with Crippen LogP contribution in [0, 0.1) is 5.41 Å². The monoisotopic (exact) mass is 146 g/mol. The van der Waals surface area contributed by atoms with E-state index in [1.54, 1.807) is 0 Å². The predicted molar refractivity (Wildman–Crippen MR) is 43.9 cm³/mol. The fraction of sp³-hybridized carbons (Fsp3) is 0.750. The molecule has 0 amide bonds. The van der Waals surface area contributed by atoms with Crippen LogP contribution >= 0.6 is 11.6 Å². The molecule has 0 aromatic rings. The summed E-state index contributed by atoms with van der Waals surface area (Å²) in [7, 11) is 0. The number of allylic oxidation sites excluding steroid dienone is 1. The Morgan fingerprint density at radius 2 is 2.00 bits per heavy atom. The van der Waals surface area contributed by atoms with Crippen molar-refractivity contribution in [1.82, 2.24) is 0 Å². The molecule has 0 aliphatic rings. The molecule has 0 rings (SSSR count). The van der Waals surface area contributed by atoms with Crippen LogP contribution in [0.15, 0.2) is 12.2 Å². The highest BCUT2D eigenvalue weighted by Crippen LogP contribution is 2.25. The number of halogens is 1. The second kappa shape index (κ2) is 3.26. The first-order chi connectivity index (χ1) is 3.98. The van der Waals surface area contributed by atoms with Gasteiger partial charge in [0, 0.05) is 5.88 Å². The fourth-order valence-electron chi connectivity index (χ4n) is 0.864. The lowest BCUT2D eigenvalue weighted by atomic mass is 9.89. The molecule has 0 bridgehead atoms. The third-order valence-corrected chi connectivity index (χ3v) is 1.87. The standard InChI is InChI=1S/C8H15Cl/c1-7(2)5-8(3,4)6-9/h1,5-6H2,2-4H3. The van der Waals surface area contributed by atoms with E-state index in [9.17, 15) is 0 Å². The molecule has 0 aliphatic heterocycles. The van der Waals surface area contributed by atoms with Crippen LogP contribution in [-0.4, -0.2) is 5.88 Å². The Morgan fingerprint density at radius 1 is 1.56 bits per heavy atom. The summed E-state index contributed by atoms with van der Waals surface area (Å²) in [5, 5.41) is 0. The van der Waals surface area contributed by atoms with Crippen molar-refractivity contribution in [3.05, 3.63) is 12.2 Å². The summed E-state index contributed by atoms with van der Waals surface area (Å²) in [6.45, 7) is 10.2. The van der Waals surface area contributed by atoms with E-state index in [4.69, 9.17) is 11.6 Å². The van der Waals surface area contributed by atoms with Crippen LogP contribution in [0.4, 0.5) is 0 Å². The zero-order valence-electron chi connectivity index (χ0n) is 6.50. The number of hydrogen-bond acceptors (Lipinski definition) is 0. The molecule has 9 heavy (non-hydrogen) atoms. The summed E-state index contributed by atoms with van der Waals surface area (Å²) in [6, 6.07) is 0. The first-order valence-corrected chi connectivity index (χ1v) is 3.72. The van der Waals surface area contributed by atoms with E-state index in [1.165, 1.54) is 5.57 Å². The molecule has 0 aromatic carbocycles. The summed E-state index contributed by atoms with van der Waals surface area (Å²) in [6.07, 6.45) is 1.02. The third-order valence-electron chi connectivity index (χ3n) is 1.14. The van der Waals surface area contributed by atoms with Crippen LogP contribution in [0.25, 0.3) is 0 Å². The van der Waals surface area contributed by atoms with Gasteiger partial charge in [0.25, 0.3) is 0 Å². The van der Waals surface area contributed by atoms with Crippen LogP contribution in [0.2, 0.25) is 0 Å². The fourth-order valence-corrected chi connectivity index (χ4v) is 0.959. The average Bonchev–Trinajstić information content (AvgIpc) is 1.63. The minimum absolute atomic E-state index is 0.230. The van der Waals surface area contributed by atoms with Crippen molar-refractivity contribution in [3.8, 4) is 0 Å². The molecule has 0 unspecified atom stereocenters. The zero-order chi connectivity index (χ0) is 7.49. The highest BCUT2D eigenvalue weighted by molar-refractivity contribution is 6.18. The summed E-state index contributed by atoms with van der Waals surface area (Å²) in [5.74, 6) is 0.708. The highest BCUT2D eigenvalue weighted by Gasteiger charge is 2.15. The Balaban J connectivity index is 3.71. The largest absolute Gasteiger partial charge is 0.126 e. The van der Waals surface area contributed by atoms with Crippen LogP contribution in [0.1, 0.15) is 27.2 Å². The maximum atomic E-state index is 5.70. The van der Waals surface area contributed by atoms with E-state index in [0.717, 1.165) is 6.42 Å². The number of alkyl halides is 1. The summed E-state index contributed by atoms with van der Waals surface area (Å²) in [4.78, 5) is 0. The van der Waals surface area contributed by atoms with Gasteiger partial charge < -0.3 is 0 Å². The molecule has 54 valence electrons. The van der Waals surface area contributed by atoms with Gasteiger partial charge in [-0.25, -0.2) is 0 Å². The highest BCUT2D eigenvalue weighted by atomic mass is 35.5. The Bertz CT molecular complexity index is 103. The van der Waals surface area contributed by atoms with Gasteiger partial charge in [-0.3, -0.25) is 0 Å². The normalized spacial score (nSPS) is 11.6. The molecule has 0 saturated carbocycles. The predicted octanol–water partition coefficient (Wildman–Crippen LogP) is 3.22. The van der Waals surface area contributed by atoms with Crippen LogP contribution in [0.5, 0.6) is 0 Å². The molecular weight excluding hydrogens is 132 g/mol. The van der Waals surface area contributed by atoms with Gasteiger partial charge in [0.1, 0.15) is 0 Å². The zero-order valence-corrected chi connectivity index (χ0v) is 7.26. The van der Waals surface area contributed by atoms with Crippen LogP contribution in [-0.2, 0) is 0 Å². The molecule has 0 radical (unpaired) electrons. The number of rotatable bonds is 3. The maximum Gasteiger partial charge on any atom is 0.0277 e. The van der Waals surface area contributed by atoms with Gasteiger partial charge in [-0.2, -0.15) is 0 Å². The minimum Gasteiger partial charge on any atom is -0.126 e. The van der Waals surface area contributed by atoms with Crippen LogP contribution < -0.4 is 0 Å². The average molecular weight is 147 g/mol. The van der Waals surface area contributed by atoms with Gasteiger partial charge in [-0.05, 0) is 18.8 Å². The molecule has 0 aliphatic carbocycles. The summed E-state index contributed by atoms with van der Waals surface area (Å²) >= 11 is 5.70. The quantitative estimate of drug-likeness (QED) is 0.424. The van der Waals surface area contributed by atoms with Gasteiger partial charge in [-0.1, -0.05) is 19.4 Å². The van der Waals surface area contributed by atoms with Crippen molar-refractivity contribution in [3.63, 3.8) is 0 Å². The lowest BCUT2D eigenvalue weighted by Crippen LogP contribution is -2.12. The summed E-state index contributed by atoms with van der Waals surface area (Å²) in [5.41, 5.74) is 1.44. The molecule has 0 nitrogen and oxygen atoms in total. The molecule has 0 fully saturated rings. The Hall–Kier alpha value is 0.0300. The van der Waals surface area contributed by atoms with Crippen LogP contribution in [0.3, 0.4) is 0 Å². The Morgan fingerprint density at radius 3 is 2.11 bits per heavy atom. The van der Waals surface area contributed by atoms with Gasteiger partial charge in [0.2, 0.25) is 0 Å². The first-order valence-electron chi connectivity index (χ1n) is 3.18. The van der Waals surface area contributed by atoms with Crippen molar-refractivity contribution in [2.45, 2.75) is 27.2 Å². The lowest BCUT2D eigenvalue weighted by Gasteiger charge is -2.20. The van der Waals surface area contributed by atoms with Gasteiger partial charge >= 0.3 is 0 Å². The SMILES string of the molecule is C=C(C)CC(C)(C)CCl. The van der Waals surface area contributed by atoms with E-state index in [1.807, 2.05) is 6.92 Å². The minimum atomic E-state index is 0.230. The van der Waals surface area contributed by atoms with Gasteiger partial charge in [-0.15, -0.1) is 18.2 Å². The molecule has 0 spiro atoms. The lowest BCUT2D eigenvalue weighted by molar-refractivity contribution is 0.417. The van der Waals surface area contributed by atoms with Gasteiger partial charge in [0.15, 0.2) is 0 Å². The topological polar surface area (TPSA) is 0 Å². The molecular formula is C8H15Cl. The van der Waals surface area contributed by atoms with E-state index < -0.39 is 0 Å². The van der Waals surface area contributed by atoms with E-state index >= 15 is 0 Å². The van der Waals surface area contributed by atoms with Crippen molar-refractivity contribution >= 4 is 11.6 Å². The van der Waals surface area contributed by atoms with E-state index in [2.05, 4.69) is 20.4 Å². The first kappa shape index (κ1) is 9.03. The molecule has 0 atom stereocenters. The third kappa shape index (κ3) is 4.53. The smallest absolute Gasteiger partial charge is 0.0277 e. The molecule has 0 N–H and O–H groups in total. The molecule has 1 heteroatoms. The molecule has 0 saturated heterocycles. The number of hydrogen-bond donors (Lipinski definition) is 0. The van der Waals surface area contributed by atoms with Crippen molar-refractivity contribution in [2.24, 2.45) is 5.41 Å². The second-order valence-corrected chi connectivity index (χ2v) is 3.70. The Kier molecular flexibility index (Phi) is 3.27. The van der Waals surface area contributed by atoms with Crippen molar-refractivity contribution < 1.29 is 0 Å². The van der Waals surface area contributed by atoms with E-state index in [0.29, 0.717) is 5.88 Å². The summed E-state index contributed by atoms with van der Waals surface area (Å²) < 4.78 is 0. The molecule has 0 aromatic heterocycles. The van der Waals surface area contributed by atoms with E-state index in [-0.39, 0.29) is 5.41 Å².